The largest absolute Gasteiger partial charge is 0.276 e. The van der Waals surface area contributed by atoms with E-state index < -0.39 is 0 Å². The molecule has 18 heavy (non-hydrogen) atoms. The monoisotopic (exact) mass is 254 g/mol. The molecule has 4 heteroatoms. The number of nitrogens with zero attached hydrogens (tertiary/aromatic N) is 2. The predicted molar refractivity (Wildman–Crippen MR) is 71.3 cm³/mol. The lowest BCUT2D eigenvalue weighted by atomic mass is 9.87. The average Bonchev–Trinajstić information content (AvgIpc) is 2.93. The van der Waals surface area contributed by atoms with Crippen LogP contribution in [-0.4, -0.2) is 5.91 Å². The van der Waals surface area contributed by atoms with Crippen LogP contribution in [0.25, 0.3) is 5.57 Å². The van der Waals surface area contributed by atoms with Crippen LogP contribution in [0.4, 0.5) is 0 Å². The molecule has 1 aliphatic heterocycles. The molecule has 1 aliphatic rings. The second-order valence-electron chi connectivity index (χ2n) is 3.99. The fourth-order valence-electron chi connectivity index (χ4n) is 2.05. The number of azo groups is 1. The van der Waals surface area contributed by atoms with Crippen LogP contribution >= 0.6 is 11.3 Å². The summed E-state index contributed by atoms with van der Waals surface area (Å²) < 4.78 is 0. The van der Waals surface area contributed by atoms with Gasteiger partial charge in [-0.05, 0) is 33.5 Å². The second-order valence-corrected chi connectivity index (χ2v) is 4.77. The highest BCUT2D eigenvalue weighted by atomic mass is 32.1. The van der Waals surface area contributed by atoms with E-state index in [1.54, 1.807) is 17.5 Å². The van der Waals surface area contributed by atoms with Gasteiger partial charge in [-0.15, -0.1) is 5.11 Å². The number of carbonyl (C=O) groups excluding carboxylic acids is 1. The van der Waals surface area contributed by atoms with Gasteiger partial charge in [-0.3, -0.25) is 4.79 Å². The normalized spacial score (nSPS) is 18.8. The van der Waals surface area contributed by atoms with Crippen LogP contribution in [0.2, 0.25) is 0 Å². The zero-order valence-electron chi connectivity index (χ0n) is 9.48. The van der Waals surface area contributed by atoms with E-state index in [0.717, 1.165) is 16.7 Å². The Morgan fingerprint density at radius 3 is 2.67 bits per heavy atom. The molecule has 0 aliphatic carbocycles. The molecule has 0 N–H and O–H groups in total. The smallest absolute Gasteiger partial charge is 0.270 e. The molecular weight excluding hydrogens is 244 g/mol. The van der Waals surface area contributed by atoms with Crippen molar-refractivity contribution >= 4 is 22.8 Å². The van der Waals surface area contributed by atoms with E-state index in [9.17, 15) is 4.79 Å². The number of hydrogen-bond acceptors (Lipinski definition) is 3. The highest BCUT2D eigenvalue weighted by Gasteiger charge is 2.28. The predicted octanol–water partition coefficient (Wildman–Crippen LogP) is 3.87. The van der Waals surface area contributed by atoms with Gasteiger partial charge in [0.05, 0.1) is 12.1 Å². The number of amides is 1. The van der Waals surface area contributed by atoms with Gasteiger partial charge in [-0.2, -0.15) is 16.5 Å². The molecule has 1 unspecified atom stereocenters. The van der Waals surface area contributed by atoms with Crippen molar-refractivity contribution in [3.05, 3.63) is 64.5 Å². The van der Waals surface area contributed by atoms with E-state index in [0.29, 0.717) is 0 Å². The van der Waals surface area contributed by atoms with Crippen molar-refractivity contribution in [3.63, 3.8) is 0 Å². The summed E-state index contributed by atoms with van der Waals surface area (Å²) in [5.74, 6) is -0.522. The van der Waals surface area contributed by atoms with E-state index in [-0.39, 0.29) is 11.8 Å². The minimum absolute atomic E-state index is 0.199. The third kappa shape index (κ3) is 1.91. The van der Waals surface area contributed by atoms with Gasteiger partial charge in [0.2, 0.25) is 0 Å². The summed E-state index contributed by atoms with van der Waals surface area (Å²) in [6.45, 7) is 0. The van der Waals surface area contributed by atoms with Crippen LogP contribution in [-0.2, 0) is 4.79 Å². The first kappa shape index (κ1) is 11.0. The molecule has 1 amide bonds. The second kappa shape index (κ2) is 4.66. The number of benzene rings is 1. The van der Waals surface area contributed by atoms with Gasteiger partial charge in [0, 0.05) is 0 Å². The van der Waals surface area contributed by atoms with Gasteiger partial charge in [-0.1, -0.05) is 30.3 Å². The topological polar surface area (TPSA) is 41.8 Å². The third-order valence-electron chi connectivity index (χ3n) is 2.89. The Hall–Kier alpha value is -2.07. The van der Waals surface area contributed by atoms with Crippen LogP contribution < -0.4 is 0 Å². The van der Waals surface area contributed by atoms with Gasteiger partial charge in [0.15, 0.2) is 0 Å². The van der Waals surface area contributed by atoms with E-state index >= 15 is 0 Å². The van der Waals surface area contributed by atoms with E-state index in [1.807, 2.05) is 47.2 Å². The van der Waals surface area contributed by atoms with Gasteiger partial charge in [0.25, 0.3) is 5.91 Å². The molecule has 3 nitrogen and oxygen atoms in total. The summed E-state index contributed by atoms with van der Waals surface area (Å²) in [4.78, 5) is 12.0. The average molecular weight is 254 g/mol. The Labute approximate surface area is 109 Å². The van der Waals surface area contributed by atoms with Crippen molar-refractivity contribution in [2.45, 2.75) is 5.92 Å². The van der Waals surface area contributed by atoms with Gasteiger partial charge in [0.1, 0.15) is 0 Å². The molecule has 3 rings (SSSR count). The molecule has 2 aromatic rings. The van der Waals surface area contributed by atoms with Gasteiger partial charge < -0.3 is 0 Å². The number of carbonyl (C=O) groups is 1. The molecule has 0 radical (unpaired) electrons. The molecule has 0 saturated carbocycles. The lowest BCUT2D eigenvalue weighted by molar-refractivity contribution is -0.118. The highest BCUT2D eigenvalue weighted by molar-refractivity contribution is 7.08. The Balaban J connectivity index is 2.08. The zero-order valence-corrected chi connectivity index (χ0v) is 10.3. The number of rotatable bonds is 2. The van der Waals surface area contributed by atoms with Gasteiger partial charge in [-0.25, -0.2) is 0 Å². The van der Waals surface area contributed by atoms with Crippen molar-refractivity contribution in [2.75, 3.05) is 0 Å². The standard InChI is InChI=1S/C14H10N2OS/c17-14-13(11-6-7-18-9-11)12(8-15-16-14)10-4-2-1-3-5-10/h1-9,13H. The molecule has 88 valence electrons. The number of thiophene rings is 1. The lowest BCUT2D eigenvalue weighted by Gasteiger charge is -2.18. The van der Waals surface area contributed by atoms with Crippen LogP contribution in [0.15, 0.2) is 63.6 Å². The quantitative estimate of drug-likeness (QED) is 0.802. The molecule has 0 saturated heterocycles. The SMILES string of the molecule is O=C1N=NC=C(c2ccccc2)C1c1ccsc1. The minimum atomic E-state index is -0.323. The first-order chi connectivity index (χ1) is 8.86. The minimum Gasteiger partial charge on any atom is -0.270 e. The van der Waals surface area contributed by atoms with Crippen LogP contribution in [0.5, 0.6) is 0 Å². The van der Waals surface area contributed by atoms with Crippen LogP contribution in [0, 0.1) is 0 Å². The zero-order chi connectivity index (χ0) is 12.4. The summed E-state index contributed by atoms with van der Waals surface area (Å²) in [6.07, 6.45) is 1.68. The molecule has 0 bridgehead atoms. The van der Waals surface area contributed by atoms with Crippen molar-refractivity contribution < 1.29 is 4.79 Å². The van der Waals surface area contributed by atoms with E-state index in [4.69, 9.17) is 0 Å². The maximum Gasteiger partial charge on any atom is 0.276 e. The first-order valence-corrected chi connectivity index (χ1v) is 6.53. The Kier molecular flexibility index (Phi) is 2.86. The maximum absolute atomic E-state index is 12.0. The summed E-state index contributed by atoms with van der Waals surface area (Å²) in [6, 6.07) is 11.8. The Morgan fingerprint density at radius 2 is 1.94 bits per heavy atom. The molecule has 1 atom stereocenters. The first-order valence-electron chi connectivity index (χ1n) is 5.58. The molecule has 2 heterocycles. The summed E-state index contributed by atoms with van der Waals surface area (Å²) >= 11 is 1.58. The van der Waals surface area contributed by atoms with Crippen molar-refractivity contribution in [2.24, 2.45) is 10.2 Å². The Bertz CT molecular complexity index is 615. The van der Waals surface area contributed by atoms with Crippen LogP contribution in [0.3, 0.4) is 0 Å². The Morgan fingerprint density at radius 1 is 1.11 bits per heavy atom. The molecule has 1 aromatic carbocycles. The van der Waals surface area contributed by atoms with Crippen LogP contribution in [0.1, 0.15) is 17.0 Å². The van der Waals surface area contributed by atoms with Crippen molar-refractivity contribution in [1.29, 1.82) is 0 Å². The maximum atomic E-state index is 12.0. The fourth-order valence-corrected chi connectivity index (χ4v) is 2.73. The summed E-state index contributed by atoms with van der Waals surface area (Å²) in [7, 11) is 0. The third-order valence-corrected chi connectivity index (χ3v) is 3.60. The molecule has 0 fully saturated rings. The summed E-state index contributed by atoms with van der Waals surface area (Å²) in [5, 5.41) is 11.4. The van der Waals surface area contributed by atoms with E-state index in [2.05, 4.69) is 10.2 Å². The molecular formula is C14H10N2OS. The number of hydrogen-bond donors (Lipinski definition) is 0. The molecule has 0 spiro atoms. The lowest BCUT2D eigenvalue weighted by Crippen LogP contribution is -2.13. The summed E-state index contributed by atoms with van der Waals surface area (Å²) in [5.41, 5.74) is 2.91. The van der Waals surface area contributed by atoms with Crippen molar-refractivity contribution in [3.8, 4) is 0 Å². The van der Waals surface area contributed by atoms with Gasteiger partial charge >= 0.3 is 0 Å². The van der Waals surface area contributed by atoms with Crippen molar-refractivity contribution in [1.82, 2.24) is 0 Å². The molecule has 1 aromatic heterocycles. The fraction of sp³-hybridized carbons (Fsp3) is 0.0714. The highest BCUT2D eigenvalue weighted by Crippen LogP contribution is 2.36. The van der Waals surface area contributed by atoms with E-state index in [1.165, 1.54) is 0 Å².